The molecule has 1 aromatic rings. The number of fused-ring (bicyclic) bond motifs is 1. The van der Waals surface area contributed by atoms with E-state index in [-0.39, 0.29) is 23.6 Å². The van der Waals surface area contributed by atoms with Crippen LogP contribution in [0.4, 0.5) is 5.69 Å². The van der Waals surface area contributed by atoms with Gasteiger partial charge in [0.05, 0.1) is 16.7 Å². The first-order valence-corrected chi connectivity index (χ1v) is 11.2. The summed E-state index contributed by atoms with van der Waals surface area (Å²) in [7, 11) is -3.24. The topological polar surface area (TPSA) is 147 Å². The first-order chi connectivity index (χ1) is 14.0. The zero-order valence-electron chi connectivity index (χ0n) is 16.5. The Hall–Kier alpha value is -2.86. The smallest absolute Gasteiger partial charge is 0.282 e. The fourth-order valence-corrected chi connectivity index (χ4v) is 4.62. The summed E-state index contributed by atoms with van der Waals surface area (Å²) in [5, 5.41) is 13.9. The van der Waals surface area contributed by atoms with Crippen LogP contribution in [-0.4, -0.2) is 72.2 Å². The second-order valence-electron chi connectivity index (χ2n) is 7.46. The van der Waals surface area contributed by atoms with Crippen LogP contribution < -0.4 is 5.32 Å². The molecule has 2 aliphatic heterocycles. The van der Waals surface area contributed by atoms with E-state index in [0.717, 1.165) is 17.2 Å². The average Bonchev–Trinajstić information content (AvgIpc) is 2.95. The molecule has 1 fully saturated rings. The predicted octanol–water partition coefficient (Wildman–Crippen LogP) is 0.367. The van der Waals surface area contributed by atoms with E-state index in [4.69, 9.17) is 0 Å². The van der Waals surface area contributed by atoms with E-state index in [2.05, 4.69) is 5.32 Å². The summed E-state index contributed by atoms with van der Waals surface area (Å²) in [6.07, 6.45) is 2.32. The molecule has 0 aromatic heterocycles. The van der Waals surface area contributed by atoms with Gasteiger partial charge in [-0.3, -0.25) is 29.4 Å². The second kappa shape index (κ2) is 8.11. The Morgan fingerprint density at radius 1 is 1.27 bits per heavy atom. The van der Waals surface area contributed by atoms with Crippen molar-refractivity contribution in [2.24, 2.45) is 5.92 Å². The van der Waals surface area contributed by atoms with E-state index >= 15 is 0 Å². The van der Waals surface area contributed by atoms with Crippen LogP contribution in [0.5, 0.6) is 0 Å². The van der Waals surface area contributed by atoms with Gasteiger partial charge in [0.1, 0.15) is 11.6 Å². The summed E-state index contributed by atoms with van der Waals surface area (Å²) >= 11 is 0. The lowest BCUT2D eigenvalue weighted by atomic mass is 9.98. The predicted molar refractivity (Wildman–Crippen MR) is 105 cm³/mol. The number of amides is 3. The number of piperidine rings is 1. The molecule has 30 heavy (non-hydrogen) atoms. The lowest BCUT2D eigenvalue weighted by molar-refractivity contribution is -0.385. The minimum absolute atomic E-state index is 0.0717. The van der Waals surface area contributed by atoms with Crippen LogP contribution in [-0.2, 0) is 14.8 Å². The number of imide groups is 1. The van der Waals surface area contributed by atoms with Crippen LogP contribution in [0.15, 0.2) is 18.2 Å². The van der Waals surface area contributed by atoms with Gasteiger partial charge < -0.3 is 5.32 Å². The van der Waals surface area contributed by atoms with Crippen molar-refractivity contribution >= 4 is 33.4 Å². The lowest BCUT2D eigenvalue weighted by Gasteiger charge is -2.30. The Kier molecular flexibility index (Phi) is 5.90. The number of nitro groups is 1. The third-order valence-electron chi connectivity index (χ3n) is 5.50. The number of carbonyl (C=O) groups is 3. The number of sulfonamides is 1. The van der Waals surface area contributed by atoms with Gasteiger partial charge in [-0.05, 0) is 31.7 Å². The first kappa shape index (κ1) is 21.8. The Balaban J connectivity index is 1.63. The Morgan fingerprint density at radius 3 is 2.47 bits per heavy atom. The van der Waals surface area contributed by atoms with Gasteiger partial charge in [0.25, 0.3) is 17.5 Å². The van der Waals surface area contributed by atoms with Crippen LogP contribution in [0, 0.1) is 16.0 Å². The third-order valence-corrected chi connectivity index (χ3v) is 6.80. The van der Waals surface area contributed by atoms with Crippen molar-refractivity contribution in [1.82, 2.24) is 14.5 Å². The van der Waals surface area contributed by atoms with Crippen molar-refractivity contribution in [2.45, 2.75) is 25.8 Å². The molecular weight excluding hydrogens is 416 g/mol. The normalized spacial score (nSPS) is 18.9. The summed E-state index contributed by atoms with van der Waals surface area (Å²) in [5.74, 6) is -2.10. The highest BCUT2D eigenvalue weighted by molar-refractivity contribution is 7.88. The molecule has 0 spiro atoms. The highest BCUT2D eigenvalue weighted by Gasteiger charge is 2.44. The van der Waals surface area contributed by atoms with Gasteiger partial charge in [0.15, 0.2) is 0 Å². The summed E-state index contributed by atoms with van der Waals surface area (Å²) in [5.41, 5.74) is -0.874. The molecule has 12 heteroatoms. The van der Waals surface area contributed by atoms with Crippen LogP contribution in [0.2, 0.25) is 0 Å². The first-order valence-electron chi connectivity index (χ1n) is 9.40. The Morgan fingerprint density at radius 2 is 1.90 bits per heavy atom. The quantitative estimate of drug-likeness (QED) is 0.383. The average molecular weight is 438 g/mol. The van der Waals surface area contributed by atoms with Gasteiger partial charge in [-0.15, -0.1) is 0 Å². The molecule has 1 unspecified atom stereocenters. The number of benzene rings is 1. The number of carbonyl (C=O) groups excluding carboxylic acids is 3. The van der Waals surface area contributed by atoms with Crippen molar-refractivity contribution in [1.29, 1.82) is 0 Å². The molecular formula is C18H22N4O7S. The van der Waals surface area contributed by atoms with Crippen molar-refractivity contribution in [3.63, 3.8) is 0 Å². The molecule has 0 bridgehead atoms. The van der Waals surface area contributed by atoms with Gasteiger partial charge in [-0.2, -0.15) is 0 Å². The molecule has 3 amide bonds. The van der Waals surface area contributed by atoms with E-state index < -0.39 is 44.4 Å². The molecule has 3 rings (SSSR count). The zero-order chi connectivity index (χ0) is 22.2. The van der Waals surface area contributed by atoms with E-state index in [0.29, 0.717) is 25.9 Å². The highest BCUT2D eigenvalue weighted by atomic mass is 32.2. The molecule has 0 aliphatic carbocycles. The number of hydrogen-bond donors (Lipinski definition) is 1. The highest BCUT2D eigenvalue weighted by Crippen LogP contribution is 2.31. The van der Waals surface area contributed by atoms with Crippen molar-refractivity contribution < 1.29 is 27.7 Å². The number of hydrogen-bond acceptors (Lipinski definition) is 7. The summed E-state index contributed by atoms with van der Waals surface area (Å²) < 4.78 is 24.5. The number of nitrogens with zero attached hydrogens (tertiary/aromatic N) is 3. The summed E-state index contributed by atoms with van der Waals surface area (Å²) in [6.45, 7) is 2.41. The lowest BCUT2D eigenvalue weighted by Crippen LogP contribution is -2.49. The summed E-state index contributed by atoms with van der Waals surface area (Å²) in [4.78, 5) is 49.0. The third kappa shape index (κ3) is 4.05. The SMILES string of the molecule is CC(C(=O)NCC1CCN(S(C)(=O)=O)CC1)N1C(=O)c2cccc([N+](=O)[O-])c2C1=O. The zero-order valence-corrected chi connectivity index (χ0v) is 17.3. The van der Waals surface area contributed by atoms with E-state index in [1.807, 2.05) is 0 Å². The molecule has 2 aliphatic rings. The van der Waals surface area contributed by atoms with Crippen molar-refractivity contribution in [2.75, 3.05) is 25.9 Å². The number of nitrogens with one attached hydrogen (secondary N) is 1. The largest absolute Gasteiger partial charge is 0.354 e. The fourth-order valence-electron chi connectivity index (χ4n) is 3.74. The van der Waals surface area contributed by atoms with Gasteiger partial charge in [0, 0.05) is 25.7 Å². The second-order valence-corrected chi connectivity index (χ2v) is 9.45. The maximum Gasteiger partial charge on any atom is 0.282 e. The molecule has 0 radical (unpaired) electrons. The molecule has 1 saturated heterocycles. The van der Waals surface area contributed by atoms with Crippen LogP contribution in [0.1, 0.15) is 40.5 Å². The number of rotatable bonds is 6. The Labute approximate surface area is 173 Å². The summed E-state index contributed by atoms with van der Waals surface area (Å²) in [6, 6.07) is 2.64. The molecule has 1 N–H and O–H groups in total. The standard InChI is InChI=1S/C18H22N4O7S/c1-11(16(23)19-10-12-6-8-20(9-7-12)30(2,28)29)21-17(24)13-4-3-5-14(22(26)27)15(13)18(21)25/h3-5,11-12H,6-10H2,1-2H3,(H,19,23). The molecule has 1 atom stereocenters. The maximum atomic E-state index is 12.7. The molecule has 0 saturated carbocycles. The molecule has 162 valence electrons. The van der Waals surface area contributed by atoms with Crippen LogP contribution in [0.3, 0.4) is 0 Å². The van der Waals surface area contributed by atoms with Crippen molar-refractivity contribution in [3.8, 4) is 0 Å². The van der Waals surface area contributed by atoms with Crippen LogP contribution in [0.25, 0.3) is 0 Å². The van der Waals surface area contributed by atoms with Gasteiger partial charge >= 0.3 is 0 Å². The van der Waals surface area contributed by atoms with E-state index in [1.54, 1.807) is 0 Å². The fraction of sp³-hybridized carbons (Fsp3) is 0.500. The Bertz CT molecular complexity index is 1020. The maximum absolute atomic E-state index is 12.7. The molecule has 1 aromatic carbocycles. The van der Waals surface area contributed by atoms with Crippen LogP contribution >= 0.6 is 0 Å². The number of nitro benzene ring substituents is 1. The minimum atomic E-state index is -3.24. The van der Waals surface area contributed by atoms with E-state index in [9.17, 15) is 32.9 Å². The molecule has 2 heterocycles. The van der Waals surface area contributed by atoms with E-state index in [1.165, 1.54) is 23.4 Å². The van der Waals surface area contributed by atoms with Gasteiger partial charge in [-0.1, -0.05) is 6.07 Å². The van der Waals surface area contributed by atoms with Crippen molar-refractivity contribution in [3.05, 3.63) is 39.4 Å². The molecule has 11 nitrogen and oxygen atoms in total. The monoisotopic (exact) mass is 438 g/mol. The van der Waals surface area contributed by atoms with Gasteiger partial charge in [-0.25, -0.2) is 12.7 Å². The van der Waals surface area contributed by atoms with Gasteiger partial charge in [0.2, 0.25) is 15.9 Å². The minimum Gasteiger partial charge on any atom is -0.354 e.